The van der Waals surface area contributed by atoms with Gasteiger partial charge in [0.25, 0.3) is 3.42 Å². The Hall–Kier alpha value is -1.89. The van der Waals surface area contributed by atoms with Gasteiger partial charge in [-0.3, -0.25) is 4.90 Å². The van der Waals surface area contributed by atoms with Gasteiger partial charge < -0.3 is 13.3 Å². The molecule has 0 atom stereocenters. The van der Waals surface area contributed by atoms with Crippen molar-refractivity contribution in [3.05, 3.63) is 86.5 Å². The Balaban J connectivity index is 1.86. The predicted octanol–water partition coefficient (Wildman–Crippen LogP) is 7.75. The summed E-state index contributed by atoms with van der Waals surface area (Å²) < 4.78 is 18.4. The molecule has 2 bridgehead atoms. The maximum atomic E-state index is 6.79. The first-order chi connectivity index (χ1) is 16.8. The molecule has 4 nitrogen and oxygen atoms in total. The lowest BCUT2D eigenvalue weighted by Gasteiger charge is -2.40. The quantitative estimate of drug-likeness (QED) is 0.207. The van der Waals surface area contributed by atoms with Gasteiger partial charge in [-0.2, -0.15) is 0 Å². The maximum Gasteiger partial charge on any atom is 0.754 e. The van der Waals surface area contributed by atoms with Gasteiger partial charge in [0, 0.05) is 36.3 Å². The van der Waals surface area contributed by atoms with Gasteiger partial charge in [-0.05, 0) is 58.2 Å². The average Bonchev–Trinajstić information content (AvgIpc) is 2.73. The monoisotopic (exact) mass is 561 g/mol. The molecule has 0 fully saturated rings. The summed E-state index contributed by atoms with van der Waals surface area (Å²) in [6, 6.07) is 12.6. The zero-order valence-electron chi connectivity index (χ0n) is 21.4. The molecule has 0 aromatic heterocycles. The zero-order valence-corrected chi connectivity index (χ0v) is 24.7. The minimum atomic E-state index is -4.14. The molecule has 0 unspecified atom stereocenters. The minimum Gasteiger partial charge on any atom is -0.480 e. The van der Waals surface area contributed by atoms with Crippen LogP contribution in [0.1, 0.15) is 50.1 Å². The van der Waals surface area contributed by atoms with Gasteiger partial charge in [-0.15, -0.1) is 0 Å². The van der Waals surface area contributed by atoms with Crippen LogP contribution >= 0.6 is 34.8 Å². The predicted molar refractivity (Wildman–Crippen MR) is 149 cm³/mol. The number of rotatable bonds is 0. The van der Waals surface area contributed by atoms with E-state index in [4.69, 9.17) is 48.1 Å². The Kier molecular flexibility index (Phi) is 6.54. The van der Waals surface area contributed by atoms with Crippen LogP contribution in [0.5, 0.6) is 17.2 Å². The van der Waals surface area contributed by atoms with E-state index in [1.165, 1.54) is 0 Å². The van der Waals surface area contributed by atoms with Crippen LogP contribution in [-0.4, -0.2) is 17.1 Å². The van der Waals surface area contributed by atoms with Crippen LogP contribution in [0.25, 0.3) is 0 Å². The Labute approximate surface area is 229 Å². The van der Waals surface area contributed by atoms with Crippen molar-refractivity contribution in [2.75, 3.05) is 0 Å². The summed E-state index contributed by atoms with van der Waals surface area (Å²) in [6.45, 7) is 14.3. The van der Waals surface area contributed by atoms with Gasteiger partial charge in [0.2, 0.25) is 0 Å². The highest BCUT2D eigenvalue weighted by molar-refractivity contribution is 6.97. The summed E-state index contributed by atoms with van der Waals surface area (Å²) in [6.07, 6.45) is 0. The third-order valence-electron chi connectivity index (χ3n) is 6.73. The molecule has 3 aromatic carbocycles. The molecule has 3 heterocycles. The standard InChI is InChI=1S/C28H30Cl3NO3Si/c1-16-7-19(4)25-22(10-16)13-32-14-23-11-17(2)8-20(5)26(23)34-36(33-25,28(29,30)31)35-27-21(6)9-18(3)12-24(27)15-32/h7-12H,13-15H2,1-6H3. The highest BCUT2D eigenvalue weighted by Gasteiger charge is 2.69. The highest BCUT2D eigenvalue weighted by Crippen LogP contribution is 2.46. The normalized spacial score (nSPS) is 21.1. The van der Waals surface area contributed by atoms with Gasteiger partial charge in [-0.1, -0.05) is 87.9 Å². The Morgan fingerprint density at radius 3 is 1.17 bits per heavy atom. The third kappa shape index (κ3) is 4.61. The fraction of sp³-hybridized carbons (Fsp3) is 0.357. The second-order valence-electron chi connectivity index (χ2n) is 10.2. The summed E-state index contributed by atoms with van der Waals surface area (Å²) in [4.78, 5) is 2.40. The summed E-state index contributed by atoms with van der Waals surface area (Å²) in [5.41, 5.74) is 9.34. The van der Waals surface area contributed by atoms with Crippen molar-refractivity contribution in [1.29, 1.82) is 0 Å². The molecule has 6 rings (SSSR count). The van der Waals surface area contributed by atoms with Crippen molar-refractivity contribution >= 4 is 43.6 Å². The van der Waals surface area contributed by atoms with Gasteiger partial charge in [0.1, 0.15) is 17.2 Å². The maximum absolute atomic E-state index is 6.79. The number of aryl methyl sites for hydroxylation is 6. The van der Waals surface area contributed by atoms with E-state index in [0.717, 1.165) is 50.1 Å². The van der Waals surface area contributed by atoms with E-state index in [1.807, 2.05) is 20.8 Å². The van der Waals surface area contributed by atoms with Crippen molar-refractivity contribution in [3.8, 4) is 17.2 Å². The van der Waals surface area contributed by atoms with E-state index in [2.05, 4.69) is 62.1 Å². The molecular weight excluding hydrogens is 533 g/mol. The summed E-state index contributed by atoms with van der Waals surface area (Å²) >= 11 is 20.4. The lowest BCUT2D eigenvalue weighted by atomic mass is 10.0. The lowest BCUT2D eigenvalue weighted by molar-refractivity contribution is 0.205. The molecule has 8 heteroatoms. The zero-order chi connectivity index (χ0) is 26.0. The average molecular weight is 563 g/mol. The molecule has 0 N–H and O–H groups in total. The van der Waals surface area contributed by atoms with Crippen LogP contribution in [0.3, 0.4) is 0 Å². The first kappa shape index (κ1) is 25.7. The largest absolute Gasteiger partial charge is 0.754 e. The molecule has 36 heavy (non-hydrogen) atoms. The first-order valence-corrected chi connectivity index (χ1v) is 14.9. The molecular formula is C28H30Cl3NO3Si. The summed E-state index contributed by atoms with van der Waals surface area (Å²) in [5.74, 6) is 1.97. The van der Waals surface area contributed by atoms with Crippen LogP contribution in [0.15, 0.2) is 36.4 Å². The van der Waals surface area contributed by atoms with Crippen LogP contribution in [0, 0.1) is 41.5 Å². The Morgan fingerprint density at radius 1 is 0.583 bits per heavy atom. The van der Waals surface area contributed by atoms with E-state index < -0.39 is 12.2 Å². The Bertz CT molecular complexity index is 1220. The molecule has 190 valence electrons. The molecule has 0 aliphatic carbocycles. The van der Waals surface area contributed by atoms with Crippen molar-refractivity contribution in [3.63, 3.8) is 0 Å². The lowest BCUT2D eigenvalue weighted by Crippen LogP contribution is -2.66. The first-order valence-electron chi connectivity index (χ1n) is 12.0. The van der Waals surface area contributed by atoms with E-state index in [-0.39, 0.29) is 0 Å². The van der Waals surface area contributed by atoms with E-state index in [1.54, 1.807) is 0 Å². The number of hydrogen-bond acceptors (Lipinski definition) is 4. The number of halogens is 3. The van der Waals surface area contributed by atoms with E-state index in [0.29, 0.717) is 36.9 Å². The van der Waals surface area contributed by atoms with Crippen molar-refractivity contribution in [2.45, 2.75) is 64.6 Å². The van der Waals surface area contributed by atoms with Gasteiger partial charge in [-0.25, -0.2) is 0 Å². The number of nitrogens with zero attached hydrogens (tertiary/aromatic N) is 1. The number of hydrogen-bond donors (Lipinski definition) is 0. The van der Waals surface area contributed by atoms with Crippen molar-refractivity contribution < 1.29 is 13.3 Å². The molecule has 3 aliphatic heterocycles. The molecule has 3 aliphatic rings. The second kappa shape index (κ2) is 9.14. The number of alkyl halides is 3. The van der Waals surface area contributed by atoms with Gasteiger partial charge in [0.05, 0.1) is 0 Å². The molecule has 0 radical (unpaired) electrons. The molecule has 0 amide bonds. The molecule has 0 saturated heterocycles. The Morgan fingerprint density at radius 2 is 0.889 bits per heavy atom. The minimum absolute atomic E-state index is 0.657. The highest BCUT2D eigenvalue weighted by atomic mass is 35.6. The third-order valence-corrected chi connectivity index (χ3v) is 10.9. The SMILES string of the molecule is Cc1cc(C)c2c(c1)CN1Cc3cc(C)cc(C)c3O[Si](C(Cl)(Cl)Cl)(O2)Oc2c(C)cc(C)cc2C1. The van der Waals surface area contributed by atoms with Gasteiger partial charge >= 0.3 is 8.80 Å². The molecule has 0 saturated carbocycles. The van der Waals surface area contributed by atoms with Crippen molar-refractivity contribution in [1.82, 2.24) is 4.90 Å². The topological polar surface area (TPSA) is 30.9 Å². The van der Waals surface area contributed by atoms with E-state index in [9.17, 15) is 0 Å². The smallest absolute Gasteiger partial charge is 0.480 e. The van der Waals surface area contributed by atoms with Crippen LogP contribution in [-0.2, 0) is 19.6 Å². The van der Waals surface area contributed by atoms with Crippen molar-refractivity contribution in [2.24, 2.45) is 0 Å². The molecule has 3 aromatic rings. The fourth-order valence-electron chi connectivity index (χ4n) is 5.45. The van der Waals surface area contributed by atoms with Crippen LogP contribution in [0.4, 0.5) is 0 Å². The van der Waals surface area contributed by atoms with Crippen LogP contribution in [0.2, 0.25) is 0 Å². The fourth-order valence-corrected chi connectivity index (χ4v) is 8.64. The summed E-state index contributed by atoms with van der Waals surface area (Å²) in [5, 5.41) is 0. The number of benzene rings is 3. The van der Waals surface area contributed by atoms with Crippen LogP contribution < -0.4 is 13.3 Å². The second-order valence-corrected chi connectivity index (χ2v) is 15.9. The summed E-state index contributed by atoms with van der Waals surface area (Å²) in [7, 11) is -4.14. The van der Waals surface area contributed by atoms with E-state index >= 15 is 0 Å². The van der Waals surface area contributed by atoms with Gasteiger partial charge in [0.15, 0.2) is 0 Å². The molecule has 0 spiro atoms.